The predicted octanol–water partition coefficient (Wildman–Crippen LogP) is 4.70. The number of hydrogen-bond donors (Lipinski definition) is 2. The number of H-pyrrole nitrogens is 1. The van der Waals surface area contributed by atoms with Crippen LogP contribution in [0.5, 0.6) is 0 Å². The molecular weight excluding hydrogens is 453 g/mol. The lowest BCUT2D eigenvalue weighted by atomic mass is 9.91. The highest BCUT2D eigenvalue weighted by molar-refractivity contribution is 7.92. The van der Waals surface area contributed by atoms with Crippen molar-refractivity contribution in [3.63, 3.8) is 0 Å². The highest BCUT2D eigenvalue weighted by atomic mass is 35.5. The normalized spacial score (nSPS) is 20.2. The number of aromatic amines is 1. The molecule has 6 nitrogen and oxygen atoms in total. The Morgan fingerprint density at radius 1 is 1.16 bits per heavy atom. The van der Waals surface area contributed by atoms with E-state index in [0.717, 1.165) is 47.8 Å². The molecule has 2 N–H and O–H groups in total. The molecule has 0 saturated carbocycles. The van der Waals surface area contributed by atoms with E-state index >= 15 is 0 Å². The number of anilines is 1. The quantitative estimate of drug-likeness (QED) is 0.576. The van der Waals surface area contributed by atoms with E-state index in [9.17, 15) is 17.6 Å². The molecule has 0 bridgehead atoms. The van der Waals surface area contributed by atoms with Crippen molar-refractivity contribution in [2.24, 2.45) is 0 Å². The van der Waals surface area contributed by atoms with Crippen LogP contribution in [-0.4, -0.2) is 31.6 Å². The zero-order valence-electron chi connectivity index (χ0n) is 17.3. The SMILES string of the molecule is O=C(N[C@@H]1CCCc2c1[nH]c1ccc(F)cc21)c1ccc(Cl)c(N2CCCCS2(=O)=O)c1. The minimum absolute atomic E-state index is 0.0750. The summed E-state index contributed by atoms with van der Waals surface area (Å²) >= 11 is 6.30. The number of nitrogens with one attached hydrogen (secondary N) is 2. The molecule has 3 aromatic rings. The van der Waals surface area contributed by atoms with E-state index in [-0.39, 0.29) is 23.5 Å². The van der Waals surface area contributed by atoms with Gasteiger partial charge in [-0.1, -0.05) is 11.6 Å². The number of fused-ring (bicyclic) bond motifs is 3. The van der Waals surface area contributed by atoms with Gasteiger partial charge in [-0.15, -0.1) is 0 Å². The van der Waals surface area contributed by atoms with Gasteiger partial charge in [0.2, 0.25) is 10.0 Å². The number of rotatable bonds is 3. The van der Waals surface area contributed by atoms with E-state index in [2.05, 4.69) is 10.3 Å². The maximum absolute atomic E-state index is 13.8. The summed E-state index contributed by atoms with van der Waals surface area (Å²) in [7, 11) is -3.45. The van der Waals surface area contributed by atoms with Gasteiger partial charge in [0.05, 0.1) is 22.5 Å². The minimum Gasteiger partial charge on any atom is -0.356 e. The number of carbonyl (C=O) groups excluding carboxylic acids is 1. The molecule has 2 aliphatic rings. The highest BCUT2D eigenvalue weighted by Crippen LogP contribution is 2.36. The van der Waals surface area contributed by atoms with E-state index in [1.807, 2.05) is 0 Å². The van der Waals surface area contributed by atoms with Crippen molar-refractivity contribution in [1.82, 2.24) is 10.3 Å². The third-order valence-electron chi connectivity index (χ3n) is 6.30. The second-order valence-electron chi connectivity index (χ2n) is 8.39. The summed E-state index contributed by atoms with van der Waals surface area (Å²) in [6, 6.07) is 9.13. The summed E-state index contributed by atoms with van der Waals surface area (Å²) in [5, 5.41) is 4.21. The fraction of sp³-hybridized carbons (Fsp3) is 0.348. The van der Waals surface area contributed by atoms with Crippen LogP contribution in [0.1, 0.15) is 53.3 Å². The standard InChI is InChI=1S/C23H23ClFN3O3S/c24-18-8-6-14(12-21(18)28-10-1-2-11-32(28,30)31)23(29)27-20-5-3-4-16-17-13-15(25)7-9-19(17)26-22(16)20/h6-9,12-13,20,26H,1-5,10-11H2,(H,27,29)/t20-/m1/s1. The van der Waals surface area contributed by atoms with Crippen molar-refractivity contribution in [2.45, 2.75) is 38.1 Å². The lowest BCUT2D eigenvalue weighted by Gasteiger charge is -2.29. The number of aromatic nitrogens is 1. The molecular formula is C23H23ClFN3O3S. The van der Waals surface area contributed by atoms with Crippen LogP contribution in [0.2, 0.25) is 5.02 Å². The van der Waals surface area contributed by atoms with Crippen molar-refractivity contribution >= 4 is 44.1 Å². The first-order valence-electron chi connectivity index (χ1n) is 10.7. The van der Waals surface area contributed by atoms with Gasteiger partial charge in [-0.25, -0.2) is 12.8 Å². The lowest BCUT2D eigenvalue weighted by molar-refractivity contribution is 0.0932. The summed E-state index contributed by atoms with van der Waals surface area (Å²) in [5.41, 5.74) is 3.47. The Bertz CT molecular complexity index is 1320. The van der Waals surface area contributed by atoms with Crippen molar-refractivity contribution in [2.75, 3.05) is 16.6 Å². The Morgan fingerprint density at radius 3 is 2.81 bits per heavy atom. The van der Waals surface area contributed by atoms with Crippen LogP contribution >= 0.6 is 11.6 Å². The summed E-state index contributed by atoms with van der Waals surface area (Å²) in [6.07, 6.45) is 3.82. The molecule has 1 saturated heterocycles. The summed E-state index contributed by atoms with van der Waals surface area (Å²) in [4.78, 5) is 16.4. The molecule has 2 aromatic carbocycles. The molecule has 9 heteroatoms. The molecule has 1 aliphatic heterocycles. The first-order valence-corrected chi connectivity index (χ1v) is 12.7. The third-order valence-corrected chi connectivity index (χ3v) is 8.48. The van der Waals surface area contributed by atoms with E-state index in [4.69, 9.17) is 11.6 Å². The topological polar surface area (TPSA) is 82.3 Å². The van der Waals surface area contributed by atoms with Crippen molar-refractivity contribution in [1.29, 1.82) is 0 Å². The van der Waals surface area contributed by atoms with Gasteiger partial charge in [-0.05, 0) is 74.1 Å². The Labute approximate surface area is 190 Å². The van der Waals surface area contributed by atoms with Gasteiger partial charge in [-0.3, -0.25) is 9.10 Å². The second kappa shape index (κ2) is 8.08. The number of sulfonamides is 1. The largest absolute Gasteiger partial charge is 0.356 e. The van der Waals surface area contributed by atoms with Crippen molar-refractivity contribution in [3.05, 3.63) is 64.1 Å². The Kier molecular flexibility index (Phi) is 5.37. The van der Waals surface area contributed by atoms with Gasteiger partial charge in [0.15, 0.2) is 0 Å². The van der Waals surface area contributed by atoms with Gasteiger partial charge in [0, 0.05) is 28.7 Å². The van der Waals surface area contributed by atoms with Gasteiger partial charge in [-0.2, -0.15) is 0 Å². The first kappa shape index (κ1) is 21.3. The maximum atomic E-state index is 13.8. The van der Waals surface area contributed by atoms with E-state index < -0.39 is 10.0 Å². The Hall–Kier alpha value is -2.58. The zero-order valence-corrected chi connectivity index (χ0v) is 18.9. The van der Waals surface area contributed by atoms with E-state index in [1.165, 1.54) is 16.4 Å². The van der Waals surface area contributed by atoms with Crippen molar-refractivity contribution < 1.29 is 17.6 Å². The first-order chi connectivity index (χ1) is 15.3. The van der Waals surface area contributed by atoms with Crippen molar-refractivity contribution in [3.8, 4) is 0 Å². The molecule has 0 unspecified atom stereocenters. The maximum Gasteiger partial charge on any atom is 0.251 e. The summed E-state index contributed by atoms with van der Waals surface area (Å²) in [5.74, 6) is -0.516. The molecule has 1 aliphatic carbocycles. The molecule has 1 aromatic heterocycles. The molecule has 1 amide bonds. The number of hydrogen-bond acceptors (Lipinski definition) is 3. The van der Waals surface area contributed by atoms with E-state index in [0.29, 0.717) is 29.2 Å². The number of aryl methyl sites for hydroxylation is 1. The van der Waals surface area contributed by atoms with Crippen LogP contribution in [0.25, 0.3) is 10.9 Å². The lowest BCUT2D eigenvalue weighted by Crippen LogP contribution is -2.38. The van der Waals surface area contributed by atoms with Gasteiger partial charge in [0.1, 0.15) is 5.82 Å². The zero-order chi connectivity index (χ0) is 22.5. The van der Waals surface area contributed by atoms with Gasteiger partial charge in [0.25, 0.3) is 5.91 Å². The third kappa shape index (κ3) is 3.75. The fourth-order valence-corrected chi connectivity index (χ4v) is 6.64. The average Bonchev–Trinajstić information content (AvgIpc) is 3.13. The number of benzene rings is 2. The average molecular weight is 476 g/mol. The van der Waals surface area contributed by atoms with Crippen LogP contribution in [-0.2, 0) is 16.4 Å². The monoisotopic (exact) mass is 475 g/mol. The number of halogens is 2. The molecule has 0 spiro atoms. The smallest absolute Gasteiger partial charge is 0.251 e. The number of carbonyl (C=O) groups is 1. The molecule has 32 heavy (non-hydrogen) atoms. The fourth-order valence-electron chi connectivity index (χ4n) is 4.73. The molecule has 2 heterocycles. The van der Waals surface area contributed by atoms with Gasteiger partial charge >= 0.3 is 0 Å². The molecule has 1 fully saturated rings. The second-order valence-corrected chi connectivity index (χ2v) is 10.8. The van der Waals surface area contributed by atoms with Crippen LogP contribution in [0.15, 0.2) is 36.4 Å². The van der Waals surface area contributed by atoms with E-state index in [1.54, 1.807) is 24.3 Å². The molecule has 5 rings (SSSR count). The van der Waals surface area contributed by atoms with Gasteiger partial charge < -0.3 is 10.3 Å². The van der Waals surface area contributed by atoms with Crippen LogP contribution in [0.3, 0.4) is 0 Å². The predicted molar refractivity (Wildman–Crippen MR) is 123 cm³/mol. The Balaban J connectivity index is 1.44. The van der Waals surface area contributed by atoms with Crippen LogP contribution in [0.4, 0.5) is 10.1 Å². The molecule has 1 atom stereocenters. The molecule has 168 valence electrons. The summed E-state index contributed by atoms with van der Waals surface area (Å²) in [6.45, 7) is 0.352. The van der Waals surface area contributed by atoms with Crippen LogP contribution in [0, 0.1) is 5.82 Å². The minimum atomic E-state index is -3.45. The Morgan fingerprint density at radius 2 is 2.00 bits per heavy atom. The number of nitrogens with zero attached hydrogens (tertiary/aromatic N) is 1. The number of amides is 1. The van der Waals surface area contributed by atoms with Crippen LogP contribution < -0.4 is 9.62 Å². The summed E-state index contributed by atoms with van der Waals surface area (Å²) < 4.78 is 40.1. The highest BCUT2D eigenvalue weighted by Gasteiger charge is 2.29. The molecule has 0 radical (unpaired) electrons.